The van der Waals surface area contributed by atoms with E-state index in [2.05, 4.69) is 14.8 Å². The van der Waals surface area contributed by atoms with Gasteiger partial charge in [0.25, 0.3) is 0 Å². The third kappa shape index (κ3) is 6.63. The zero-order valence-corrected chi connectivity index (χ0v) is 17.8. The summed E-state index contributed by atoms with van der Waals surface area (Å²) in [7, 11) is 5.44. The van der Waals surface area contributed by atoms with E-state index in [0.717, 1.165) is 0 Å². The Morgan fingerprint density at radius 3 is 2.06 bits per heavy atom. The molecule has 0 aliphatic carbocycles. The van der Waals surface area contributed by atoms with Crippen molar-refractivity contribution in [3.8, 4) is 11.5 Å². The summed E-state index contributed by atoms with van der Waals surface area (Å²) in [6.07, 6.45) is -0.589. The minimum absolute atomic E-state index is 0.0639. The molecule has 0 saturated heterocycles. The van der Waals surface area contributed by atoms with Gasteiger partial charge in [0.05, 0.1) is 28.4 Å². The van der Waals surface area contributed by atoms with Crippen LogP contribution in [0.4, 0.5) is 10.5 Å². The first kappa shape index (κ1) is 23.5. The van der Waals surface area contributed by atoms with Crippen molar-refractivity contribution in [3.63, 3.8) is 0 Å². The molecule has 0 radical (unpaired) electrons. The molecule has 0 bridgehead atoms. The Kier molecular flexibility index (Phi) is 8.68. The fraction of sp³-hybridized carbons (Fsp3) is 0.318. The highest BCUT2D eigenvalue weighted by molar-refractivity contribution is 5.95. The van der Waals surface area contributed by atoms with Gasteiger partial charge in [0, 0.05) is 11.3 Å². The lowest BCUT2D eigenvalue weighted by molar-refractivity contribution is -0.158. The van der Waals surface area contributed by atoms with Crippen LogP contribution in [0.1, 0.15) is 11.1 Å². The smallest absolute Gasteiger partial charge is 0.411 e. The fourth-order valence-electron chi connectivity index (χ4n) is 2.83. The van der Waals surface area contributed by atoms with Crippen molar-refractivity contribution in [2.45, 2.75) is 13.0 Å². The van der Waals surface area contributed by atoms with Gasteiger partial charge in [0.2, 0.25) is 0 Å². The lowest BCUT2D eigenvalue weighted by Gasteiger charge is -2.15. The van der Waals surface area contributed by atoms with Crippen LogP contribution in [0, 0.1) is 5.92 Å². The van der Waals surface area contributed by atoms with E-state index in [0.29, 0.717) is 28.3 Å². The van der Waals surface area contributed by atoms with Crippen molar-refractivity contribution in [1.82, 2.24) is 0 Å². The molecule has 0 spiro atoms. The maximum atomic E-state index is 12.1. The van der Waals surface area contributed by atoms with Crippen molar-refractivity contribution in [1.29, 1.82) is 0 Å². The Balaban J connectivity index is 2.08. The second kappa shape index (κ2) is 11.4. The molecule has 2 rings (SSSR count). The summed E-state index contributed by atoms with van der Waals surface area (Å²) in [5.74, 6) is -1.33. The zero-order chi connectivity index (χ0) is 22.8. The SMILES string of the molecule is COC(=O)C(Cc1ccc(OC)c(COC(=O)Nc2ccc(OC)cc2)c1)C(=O)OC. The number of methoxy groups -OCH3 is 4. The maximum Gasteiger partial charge on any atom is 0.411 e. The molecule has 0 fully saturated rings. The Morgan fingerprint density at radius 2 is 1.52 bits per heavy atom. The molecule has 0 heterocycles. The number of carbonyl (C=O) groups excluding carboxylic acids is 3. The standard InChI is InChI=1S/C22H25NO8/c1-27-17-8-6-16(7-9-17)23-22(26)31-13-15-11-14(5-10-19(15)28-2)12-18(20(24)29-3)21(25)30-4/h5-11,18H,12-13H2,1-4H3,(H,23,26). The van der Waals surface area contributed by atoms with Crippen LogP contribution in [0.2, 0.25) is 0 Å². The molecule has 2 aromatic rings. The number of hydrogen-bond donors (Lipinski definition) is 1. The second-order valence-corrected chi connectivity index (χ2v) is 6.38. The van der Waals surface area contributed by atoms with Crippen molar-refractivity contribution >= 4 is 23.7 Å². The third-order valence-corrected chi connectivity index (χ3v) is 4.45. The molecule has 0 saturated carbocycles. The Labute approximate surface area is 180 Å². The molecular formula is C22H25NO8. The highest BCUT2D eigenvalue weighted by atomic mass is 16.6. The van der Waals surface area contributed by atoms with Gasteiger partial charge in [-0.1, -0.05) is 6.07 Å². The number of rotatable bonds is 9. The summed E-state index contributed by atoms with van der Waals surface area (Å²) < 4.78 is 25.0. The number of ether oxygens (including phenoxy) is 5. The number of hydrogen-bond acceptors (Lipinski definition) is 8. The molecule has 9 nitrogen and oxygen atoms in total. The van der Waals surface area contributed by atoms with Crippen LogP contribution in [-0.4, -0.2) is 46.5 Å². The summed E-state index contributed by atoms with van der Waals surface area (Å²) in [6, 6.07) is 11.8. The lowest BCUT2D eigenvalue weighted by atomic mass is 9.97. The predicted octanol–water partition coefficient (Wildman–Crippen LogP) is 2.96. The monoisotopic (exact) mass is 431 g/mol. The van der Waals surface area contributed by atoms with E-state index in [4.69, 9.17) is 14.2 Å². The Morgan fingerprint density at radius 1 is 0.871 bits per heavy atom. The van der Waals surface area contributed by atoms with Crippen molar-refractivity contribution in [3.05, 3.63) is 53.6 Å². The summed E-state index contributed by atoms with van der Waals surface area (Å²) in [6.45, 7) is -0.0832. The molecule has 166 valence electrons. The largest absolute Gasteiger partial charge is 0.497 e. The molecule has 0 unspecified atom stereocenters. The summed E-state index contributed by atoms with van der Waals surface area (Å²) in [5, 5.41) is 2.61. The predicted molar refractivity (Wildman–Crippen MR) is 111 cm³/mol. The number of benzene rings is 2. The van der Waals surface area contributed by atoms with Crippen molar-refractivity contribution in [2.75, 3.05) is 33.8 Å². The van der Waals surface area contributed by atoms with Gasteiger partial charge < -0.3 is 23.7 Å². The first-order valence-electron chi connectivity index (χ1n) is 9.31. The van der Waals surface area contributed by atoms with Crippen molar-refractivity contribution in [2.24, 2.45) is 5.92 Å². The maximum absolute atomic E-state index is 12.1. The molecule has 0 aliphatic rings. The second-order valence-electron chi connectivity index (χ2n) is 6.38. The van der Waals surface area contributed by atoms with E-state index in [-0.39, 0.29) is 13.0 Å². The normalized spacial score (nSPS) is 10.2. The quantitative estimate of drug-likeness (QED) is 0.367. The van der Waals surface area contributed by atoms with Gasteiger partial charge in [-0.05, 0) is 48.4 Å². The third-order valence-electron chi connectivity index (χ3n) is 4.45. The van der Waals surface area contributed by atoms with Gasteiger partial charge in [-0.3, -0.25) is 14.9 Å². The summed E-state index contributed by atoms with van der Waals surface area (Å²) in [4.78, 5) is 36.0. The Hall–Kier alpha value is -3.75. The fourth-order valence-corrected chi connectivity index (χ4v) is 2.83. The molecule has 0 atom stereocenters. The highest BCUT2D eigenvalue weighted by Gasteiger charge is 2.29. The Bertz CT molecular complexity index is 894. The minimum atomic E-state index is -1.10. The van der Waals surface area contributed by atoms with Crippen LogP contribution in [0.25, 0.3) is 0 Å². The molecule has 0 aliphatic heterocycles. The van der Waals surface area contributed by atoms with E-state index in [1.807, 2.05) is 0 Å². The average Bonchev–Trinajstić information content (AvgIpc) is 2.80. The number of esters is 2. The van der Waals surface area contributed by atoms with Crippen LogP contribution in [-0.2, 0) is 36.8 Å². The first-order chi connectivity index (χ1) is 14.9. The van der Waals surface area contributed by atoms with E-state index in [1.54, 1.807) is 49.6 Å². The van der Waals surface area contributed by atoms with Crippen LogP contribution in [0.5, 0.6) is 11.5 Å². The number of nitrogens with one attached hydrogen (secondary N) is 1. The van der Waals surface area contributed by atoms with E-state index < -0.39 is 23.9 Å². The van der Waals surface area contributed by atoms with Gasteiger partial charge in [0.1, 0.15) is 18.1 Å². The van der Waals surface area contributed by atoms with E-state index in [1.165, 1.54) is 21.3 Å². The number of carbonyl (C=O) groups is 3. The lowest BCUT2D eigenvalue weighted by Crippen LogP contribution is -2.28. The molecule has 1 amide bonds. The van der Waals surface area contributed by atoms with Crippen LogP contribution < -0.4 is 14.8 Å². The van der Waals surface area contributed by atoms with Gasteiger partial charge in [0.15, 0.2) is 5.92 Å². The van der Waals surface area contributed by atoms with Crippen molar-refractivity contribution < 1.29 is 38.1 Å². The number of amides is 1. The molecule has 2 aromatic carbocycles. The van der Waals surface area contributed by atoms with E-state index in [9.17, 15) is 14.4 Å². The zero-order valence-electron chi connectivity index (χ0n) is 17.8. The first-order valence-corrected chi connectivity index (χ1v) is 9.31. The highest BCUT2D eigenvalue weighted by Crippen LogP contribution is 2.23. The minimum Gasteiger partial charge on any atom is -0.497 e. The summed E-state index contributed by atoms with van der Waals surface area (Å²) >= 11 is 0. The van der Waals surface area contributed by atoms with Crippen LogP contribution in [0.15, 0.2) is 42.5 Å². The average molecular weight is 431 g/mol. The van der Waals surface area contributed by atoms with Gasteiger partial charge in [-0.15, -0.1) is 0 Å². The molecular weight excluding hydrogens is 406 g/mol. The molecule has 0 aromatic heterocycles. The topological polar surface area (TPSA) is 109 Å². The van der Waals surface area contributed by atoms with E-state index >= 15 is 0 Å². The van der Waals surface area contributed by atoms with Crippen LogP contribution in [0.3, 0.4) is 0 Å². The molecule has 9 heteroatoms. The van der Waals surface area contributed by atoms with Gasteiger partial charge in [-0.2, -0.15) is 0 Å². The van der Waals surface area contributed by atoms with Gasteiger partial charge in [-0.25, -0.2) is 4.79 Å². The molecule has 1 N–H and O–H groups in total. The molecule has 31 heavy (non-hydrogen) atoms. The van der Waals surface area contributed by atoms with Crippen LogP contribution >= 0.6 is 0 Å². The number of anilines is 1. The summed E-state index contributed by atoms with van der Waals surface area (Å²) in [5.41, 5.74) is 1.76. The van der Waals surface area contributed by atoms with Gasteiger partial charge >= 0.3 is 18.0 Å².